The summed E-state index contributed by atoms with van der Waals surface area (Å²) in [5.74, 6) is 0. The van der Waals surface area contributed by atoms with Crippen molar-refractivity contribution in [1.29, 1.82) is 0 Å². The Kier molecular flexibility index (Phi) is 9.09. The summed E-state index contributed by atoms with van der Waals surface area (Å²) >= 11 is 0. The van der Waals surface area contributed by atoms with Crippen molar-refractivity contribution in [3.63, 3.8) is 0 Å². The molecule has 1 unspecified atom stereocenters. The lowest BCUT2D eigenvalue weighted by Crippen LogP contribution is -2.25. The lowest BCUT2D eigenvalue weighted by molar-refractivity contribution is 0.610. The summed E-state index contributed by atoms with van der Waals surface area (Å²) in [5.41, 5.74) is 17.2. The van der Waals surface area contributed by atoms with Gasteiger partial charge in [0, 0.05) is 22.5 Å². The third-order valence-corrected chi connectivity index (χ3v) is 13.8. The van der Waals surface area contributed by atoms with Crippen LogP contribution < -0.4 is 4.90 Å². The molecule has 1 heteroatoms. The zero-order valence-electron chi connectivity index (χ0n) is 35.7. The highest BCUT2D eigenvalue weighted by Crippen LogP contribution is 2.57. The number of anilines is 3. The first kappa shape index (κ1) is 37.7. The van der Waals surface area contributed by atoms with Crippen LogP contribution in [0.3, 0.4) is 0 Å². The molecule has 0 heterocycles. The minimum Gasteiger partial charge on any atom is -0.311 e. The van der Waals surface area contributed by atoms with Gasteiger partial charge in [-0.2, -0.15) is 0 Å². The Morgan fingerprint density at radius 2 is 0.750 bits per heavy atom. The van der Waals surface area contributed by atoms with Gasteiger partial charge in [-0.15, -0.1) is 0 Å². The Morgan fingerprint density at radius 3 is 1.33 bits per heavy atom. The summed E-state index contributed by atoms with van der Waals surface area (Å²) in [6, 6.07) is 89.6. The number of benzene rings is 11. The van der Waals surface area contributed by atoms with E-state index in [0.717, 1.165) is 23.5 Å². The maximum Gasteiger partial charge on any atom is 0.0462 e. The average Bonchev–Trinajstić information content (AvgIpc) is 3.67. The lowest BCUT2D eigenvalue weighted by atomic mass is 9.70. The van der Waals surface area contributed by atoms with E-state index in [1.165, 1.54) is 93.5 Å². The molecule has 302 valence electrons. The Balaban J connectivity index is 0.962. The molecule has 0 aliphatic heterocycles. The Hall–Kier alpha value is -8.00. The molecular formula is C63H45N. The molecular weight excluding hydrogens is 771 g/mol. The smallest absolute Gasteiger partial charge is 0.0462 e. The molecule has 11 aromatic carbocycles. The van der Waals surface area contributed by atoms with Crippen LogP contribution in [0.4, 0.5) is 17.1 Å². The second-order valence-corrected chi connectivity index (χ2v) is 17.1. The molecule has 11 aromatic rings. The Labute approximate surface area is 375 Å². The number of nitrogens with zero attached hydrogens (tertiary/aromatic N) is 1. The van der Waals surface area contributed by atoms with Gasteiger partial charge in [0.25, 0.3) is 0 Å². The van der Waals surface area contributed by atoms with Gasteiger partial charge in [0.15, 0.2) is 0 Å². The fourth-order valence-electron chi connectivity index (χ4n) is 10.8. The van der Waals surface area contributed by atoms with Crippen LogP contribution in [0, 0.1) is 0 Å². The largest absolute Gasteiger partial charge is 0.311 e. The minimum absolute atomic E-state index is 0.251. The van der Waals surface area contributed by atoms with E-state index in [2.05, 4.69) is 254 Å². The van der Waals surface area contributed by atoms with Crippen LogP contribution in [0.5, 0.6) is 0 Å². The van der Waals surface area contributed by atoms with Gasteiger partial charge in [0.1, 0.15) is 0 Å². The standard InChI is InChI=1S/C63H45N/c1-2-63(50-35-28-43-14-3-4-17-49(43)42-50)60-26-10-9-22-59(60)62-58(25-13-27-61(62)63)48-33-40-53(41-34-48)64(51-36-29-46(30-37-51)56-23-11-18-44-15-5-7-20-54(44)56)52-38-31-47(32-39-52)57-24-12-19-45-16-6-8-21-55(45)57/h3-42H,2H2,1H3. The molecule has 1 aliphatic rings. The molecule has 1 atom stereocenters. The van der Waals surface area contributed by atoms with Crippen molar-refractivity contribution < 1.29 is 0 Å². The van der Waals surface area contributed by atoms with E-state index >= 15 is 0 Å². The molecule has 64 heavy (non-hydrogen) atoms. The molecule has 1 nitrogen and oxygen atoms in total. The van der Waals surface area contributed by atoms with Crippen molar-refractivity contribution in [2.24, 2.45) is 0 Å². The highest BCUT2D eigenvalue weighted by molar-refractivity contribution is 5.99. The predicted octanol–water partition coefficient (Wildman–Crippen LogP) is 17.3. The summed E-state index contributed by atoms with van der Waals surface area (Å²) < 4.78 is 0. The van der Waals surface area contributed by atoms with Crippen LogP contribution in [-0.4, -0.2) is 0 Å². The highest BCUT2D eigenvalue weighted by atomic mass is 15.1. The van der Waals surface area contributed by atoms with Crippen LogP contribution in [-0.2, 0) is 5.41 Å². The number of fused-ring (bicyclic) bond motifs is 6. The van der Waals surface area contributed by atoms with Crippen LogP contribution >= 0.6 is 0 Å². The highest BCUT2D eigenvalue weighted by Gasteiger charge is 2.44. The lowest BCUT2D eigenvalue weighted by Gasteiger charge is -2.32. The van der Waals surface area contributed by atoms with Crippen molar-refractivity contribution >= 4 is 49.4 Å². The minimum atomic E-state index is -0.251. The third-order valence-electron chi connectivity index (χ3n) is 13.8. The second-order valence-electron chi connectivity index (χ2n) is 17.1. The van der Waals surface area contributed by atoms with Crippen molar-refractivity contribution in [2.75, 3.05) is 4.90 Å². The number of rotatable bonds is 8. The van der Waals surface area contributed by atoms with E-state index in [-0.39, 0.29) is 5.41 Å². The van der Waals surface area contributed by atoms with Gasteiger partial charge >= 0.3 is 0 Å². The van der Waals surface area contributed by atoms with Gasteiger partial charge in [-0.25, -0.2) is 0 Å². The monoisotopic (exact) mass is 815 g/mol. The Morgan fingerprint density at radius 1 is 0.328 bits per heavy atom. The van der Waals surface area contributed by atoms with Gasteiger partial charge in [-0.1, -0.05) is 207 Å². The first-order chi connectivity index (χ1) is 31.7. The van der Waals surface area contributed by atoms with Crippen LogP contribution in [0.25, 0.3) is 76.8 Å². The van der Waals surface area contributed by atoms with Crippen molar-refractivity contribution in [1.82, 2.24) is 0 Å². The first-order valence-electron chi connectivity index (χ1n) is 22.5. The summed E-state index contributed by atoms with van der Waals surface area (Å²) in [4.78, 5) is 2.39. The molecule has 0 fully saturated rings. The topological polar surface area (TPSA) is 3.24 Å². The van der Waals surface area contributed by atoms with E-state index in [1.807, 2.05) is 0 Å². The maximum absolute atomic E-state index is 2.42. The fourth-order valence-corrected chi connectivity index (χ4v) is 10.8. The van der Waals surface area contributed by atoms with Gasteiger partial charge in [0.2, 0.25) is 0 Å². The molecule has 0 saturated heterocycles. The SMILES string of the molecule is CCC1(c2ccc3ccccc3c2)c2ccccc2-c2c(-c3ccc(N(c4ccc(-c5cccc6ccccc56)cc4)c4ccc(-c5cccc6ccccc56)cc4)cc3)cccc21. The number of hydrogen-bond donors (Lipinski definition) is 0. The van der Waals surface area contributed by atoms with Gasteiger partial charge in [0.05, 0.1) is 0 Å². The molecule has 0 saturated carbocycles. The number of hydrogen-bond acceptors (Lipinski definition) is 1. The molecule has 0 spiro atoms. The average molecular weight is 816 g/mol. The first-order valence-corrected chi connectivity index (χ1v) is 22.5. The summed E-state index contributed by atoms with van der Waals surface area (Å²) in [6.45, 7) is 2.35. The quantitative estimate of drug-likeness (QED) is 0.148. The molecule has 12 rings (SSSR count). The predicted molar refractivity (Wildman–Crippen MR) is 272 cm³/mol. The van der Waals surface area contributed by atoms with E-state index in [1.54, 1.807) is 0 Å². The van der Waals surface area contributed by atoms with Gasteiger partial charge in [-0.3, -0.25) is 0 Å². The summed E-state index contributed by atoms with van der Waals surface area (Å²) in [7, 11) is 0. The summed E-state index contributed by atoms with van der Waals surface area (Å²) in [6.07, 6.45) is 0.964. The molecule has 0 amide bonds. The summed E-state index contributed by atoms with van der Waals surface area (Å²) in [5, 5.41) is 7.57. The van der Waals surface area contributed by atoms with Crippen LogP contribution in [0.1, 0.15) is 30.0 Å². The molecule has 1 aliphatic carbocycles. The molecule has 0 radical (unpaired) electrons. The molecule has 0 aromatic heterocycles. The van der Waals surface area contributed by atoms with Crippen molar-refractivity contribution in [2.45, 2.75) is 18.8 Å². The normalized spacial score (nSPS) is 14.1. The Bertz CT molecular complexity index is 3390. The van der Waals surface area contributed by atoms with Gasteiger partial charge < -0.3 is 4.90 Å². The third kappa shape index (κ3) is 6.08. The van der Waals surface area contributed by atoms with Crippen molar-refractivity contribution in [3.05, 3.63) is 259 Å². The maximum atomic E-state index is 2.42. The zero-order chi connectivity index (χ0) is 42.6. The second kappa shape index (κ2) is 15.4. The van der Waals surface area contributed by atoms with E-state index in [0.29, 0.717) is 0 Å². The molecule has 0 N–H and O–H groups in total. The van der Waals surface area contributed by atoms with E-state index in [9.17, 15) is 0 Å². The van der Waals surface area contributed by atoms with Crippen LogP contribution in [0.15, 0.2) is 243 Å². The zero-order valence-corrected chi connectivity index (χ0v) is 35.7. The van der Waals surface area contributed by atoms with E-state index in [4.69, 9.17) is 0 Å². The van der Waals surface area contributed by atoms with Crippen LogP contribution in [0.2, 0.25) is 0 Å². The van der Waals surface area contributed by atoms with Crippen molar-refractivity contribution in [3.8, 4) is 44.5 Å². The molecule has 0 bridgehead atoms. The van der Waals surface area contributed by atoms with E-state index < -0.39 is 0 Å². The van der Waals surface area contributed by atoms with Gasteiger partial charge in [-0.05, 0) is 142 Å². The fraction of sp³-hybridized carbons (Fsp3) is 0.0476.